The quantitative estimate of drug-likeness (QED) is 0.170. The Balaban J connectivity index is 2.41. The van der Waals surface area contributed by atoms with Gasteiger partial charge in [0.05, 0.1) is 0 Å². The Kier molecular flexibility index (Phi) is 14.1. The third-order valence-corrected chi connectivity index (χ3v) is 6.09. The van der Waals surface area contributed by atoms with E-state index in [9.17, 15) is 0 Å². The van der Waals surface area contributed by atoms with Gasteiger partial charge < -0.3 is 0 Å². The average Bonchev–Trinajstić information content (AvgIpc) is 3.04. The molecule has 0 amide bonds. The lowest BCUT2D eigenvalue weighted by atomic mass is 9.97. The molecule has 1 aliphatic heterocycles. The first-order valence-corrected chi connectivity index (χ1v) is 12.4. The molecule has 1 heterocycles. The van der Waals surface area contributed by atoms with E-state index in [4.69, 9.17) is 2.74 Å². The maximum atomic E-state index is 8.44. The molecule has 1 heteroatoms. The lowest BCUT2D eigenvalue weighted by Gasteiger charge is -2.29. The van der Waals surface area contributed by atoms with Gasteiger partial charge in [-0.2, -0.15) is 0 Å². The molecule has 0 aromatic carbocycles. The summed E-state index contributed by atoms with van der Waals surface area (Å²) in [6.45, 7) is 6.48. The van der Waals surface area contributed by atoms with Gasteiger partial charge in [0.1, 0.15) is 0 Å². The van der Waals surface area contributed by atoms with Gasteiger partial charge in [-0.05, 0) is 52.1 Å². The number of likely N-dealkylation sites (tertiary alicyclic amines) is 1. The second-order valence-corrected chi connectivity index (χ2v) is 8.67. The minimum absolute atomic E-state index is 0.172. The maximum Gasteiger partial charge on any atom is 0.0431 e. The molecule has 0 aromatic rings. The van der Waals surface area contributed by atoms with Gasteiger partial charge >= 0.3 is 0 Å². The van der Waals surface area contributed by atoms with Crippen molar-refractivity contribution in [2.45, 2.75) is 142 Å². The summed E-state index contributed by atoms with van der Waals surface area (Å²) < 4.78 is 16.9. The van der Waals surface area contributed by atoms with Gasteiger partial charge in [0, 0.05) is 8.78 Å². The maximum absolute atomic E-state index is 8.44. The van der Waals surface area contributed by atoms with Gasteiger partial charge in [-0.3, -0.25) is 4.90 Å². The highest BCUT2D eigenvalue weighted by atomic mass is 15.2. The fraction of sp³-hybridized carbons (Fsp3) is 0.923. The summed E-state index contributed by atoms with van der Waals surface area (Å²) in [6, 6.07) is 0.322. The van der Waals surface area contributed by atoms with Crippen molar-refractivity contribution < 1.29 is 2.74 Å². The second kappa shape index (κ2) is 17.8. The highest BCUT2D eigenvalue weighted by molar-refractivity contribution is 5.09. The van der Waals surface area contributed by atoms with Gasteiger partial charge in [-0.1, -0.05) is 109 Å². The normalized spacial score (nSPS) is 23.4. The van der Waals surface area contributed by atoms with Crippen LogP contribution in [-0.4, -0.2) is 24.0 Å². The molecule has 160 valence electrons. The van der Waals surface area contributed by atoms with Crippen LogP contribution < -0.4 is 0 Å². The van der Waals surface area contributed by atoms with Crippen LogP contribution in [0.3, 0.4) is 0 Å². The first-order valence-electron chi connectivity index (χ1n) is 13.6. The molecule has 0 aromatic heterocycles. The Morgan fingerprint density at radius 1 is 0.778 bits per heavy atom. The summed E-state index contributed by atoms with van der Waals surface area (Å²) in [7, 11) is 0. The van der Waals surface area contributed by atoms with E-state index in [0.29, 0.717) is 6.04 Å². The van der Waals surface area contributed by atoms with Crippen molar-refractivity contribution in [3.8, 4) is 0 Å². The van der Waals surface area contributed by atoms with E-state index in [0.717, 1.165) is 19.3 Å². The molecule has 0 bridgehead atoms. The predicted octanol–water partition coefficient (Wildman–Crippen LogP) is 8.68. The summed E-state index contributed by atoms with van der Waals surface area (Å²) >= 11 is 0. The summed E-state index contributed by atoms with van der Waals surface area (Å²) in [5, 5.41) is 0. The monoisotopic (exact) mass is 379 g/mol. The van der Waals surface area contributed by atoms with Gasteiger partial charge in [-0.15, -0.1) is 0 Å². The van der Waals surface area contributed by atoms with E-state index in [-0.39, 0.29) is 13.0 Å². The predicted molar refractivity (Wildman–Crippen MR) is 124 cm³/mol. The largest absolute Gasteiger partial charge is 0.297 e. The zero-order valence-corrected chi connectivity index (χ0v) is 19.0. The molecule has 0 spiro atoms. The van der Waals surface area contributed by atoms with Crippen LogP contribution in [0.1, 0.15) is 139 Å². The van der Waals surface area contributed by atoms with E-state index in [2.05, 4.69) is 31.7 Å². The fourth-order valence-electron chi connectivity index (χ4n) is 4.25. The van der Waals surface area contributed by atoms with Crippen LogP contribution in [0.15, 0.2) is 11.6 Å². The van der Waals surface area contributed by atoms with Gasteiger partial charge in [-0.25, -0.2) is 0 Å². The SMILES string of the molecule is [2H]C1CCC([2H])N1C(CCCCCCCCC)C(C)=CCCCCCCCCC. The Morgan fingerprint density at radius 3 is 1.81 bits per heavy atom. The standard InChI is InChI=1S/C26H51N/c1-4-6-8-10-12-14-15-17-21-25(3)26(27-23-19-20-24-27)22-18-16-13-11-9-7-5-2/h21,26H,4-20,22-24H2,1-3H3/i23D,24D. The summed E-state index contributed by atoms with van der Waals surface area (Å²) in [4.78, 5) is 2.20. The van der Waals surface area contributed by atoms with E-state index >= 15 is 0 Å². The molecule has 3 atom stereocenters. The third kappa shape index (κ3) is 12.7. The van der Waals surface area contributed by atoms with E-state index < -0.39 is 0 Å². The fourth-order valence-corrected chi connectivity index (χ4v) is 4.25. The molecular weight excluding hydrogens is 326 g/mol. The zero-order valence-electron chi connectivity index (χ0n) is 21.0. The van der Waals surface area contributed by atoms with Crippen molar-refractivity contribution in [2.24, 2.45) is 0 Å². The van der Waals surface area contributed by atoms with Crippen molar-refractivity contribution in [1.82, 2.24) is 4.90 Å². The van der Waals surface area contributed by atoms with Crippen LogP contribution in [-0.2, 0) is 0 Å². The van der Waals surface area contributed by atoms with Gasteiger partial charge in [0.2, 0.25) is 0 Å². The average molecular weight is 380 g/mol. The third-order valence-electron chi connectivity index (χ3n) is 6.09. The summed E-state index contributed by atoms with van der Waals surface area (Å²) in [5.74, 6) is 0. The van der Waals surface area contributed by atoms with Crippen LogP contribution in [0, 0.1) is 0 Å². The first-order chi connectivity index (χ1) is 14.1. The smallest absolute Gasteiger partial charge is 0.0431 e. The van der Waals surface area contributed by atoms with Gasteiger partial charge in [0.25, 0.3) is 0 Å². The molecule has 3 unspecified atom stereocenters. The molecule has 1 fully saturated rings. The molecule has 0 N–H and O–H groups in total. The van der Waals surface area contributed by atoms with Crippen LogP contribution in [0.5, 0.6) is 0 Å². The highest BCUT2D eigenvalue weighted by Gasteiger charge is 2.22. The Morgan fingerprint density at radius 2 is 1.26 bits per heavy atom. The minimum atomic E-state index is -0.172. The molecule has 0 saturated carbocycles. The van der Waals surface area contributed by atoms with Crippen LogP contribution in [0.4, 0.5) is 0 Å². The number of unbranched alkanes of at least 4 members (excludes halogenated alkanes) is 13. The molecule has 1 rings (SSSR count). The van der Waals surface area contributed by atoms with Crippen LogP contribution in [0.25, 0.3) is 0 Å². The van der Waals surface area contributed by atoms with Crippen molar-refractivity contribution in [1.29, 1.82) is 0 Å². The number of allylic oxidation sites excluding steroid dienone is 1. The topological polar surface area (TPSA) is 3.24 Å². The Labute approximate surface area is 175 Å². The highest BCUT2D eigenvalue weighted by Crippen LogP contribution is 2.23. The molecule has 0 aliphatic carbocycles. The number of hydrogen-bond acceptors (Lipinski definition) is 1. The summed E-state index contributed by atoms with van der Waals surface area (Å²) in [6.07, 6.45) is 25.4. The summed E-state index contributed by atoms with van der Waals surface area (Å²) in [5.41, 5.74) is 1.43. The van der Waals surface area contributed by atoms with Crippen LogP contribution in [0.2, 0.25) is 0 Å². The zero-order chi connectivity index (χ0) is 21.3. The molecule has 1 nitrogen and oxygen atoms in total. The molecule has 27 heavy (non-hydrogen) atoms. The Hall–Kier alpha value is -0.300. The number of hydrogen-bond donors (Lipinski definition) is 0. The molecule has 0 radical (unpaired) electrons. The van der Waals surface area contributed by atoms with Crippen molar-refractivity contribution in [3.63, 3.8) is 0 Å². The minimum Gasteiger partial charge on any atom is -0.297 e. The van der Waals surface area contributed by atoms with E-state index in [1.165, 1.54) is 102 Å². The molecule has 1 aliphatic rings. The van der Waals surface area contributed by atoms with Crippen molar-refractivity contribution >= 4 is 0 Å². The van der Waals surface area contributed by atoms with Gasteiger partial charge in [0.15, 0.2) is 0 Å². The lowest BCUT2D eigenvalue weighted by molar-refractivity contribution is 0.255. The van der Waals surface area contributed by atoms with Crippen molar-refractivity contribution in [2.75, 3.05) is 13.0 Å². The van der Waals surface area contributed by atoms with E-state index in [1.807, 2.05) is 0 Å². The molecular formula is C26H51N. The van der Waals surface area contributed by atoms with Crippen molar-refractivity contribution in [3.05, 3.63) is 11.6 Å². The Bertz CT molecular complexity index is 400. The number of nitrogens with zero attached hydrogens (tertiary/aromatic N) is 1. The number of rotatable bonds is 18. The van der Waals surface area contributed by atoms with Crippen LogP contribution >= 0.6 is 0 Å². The lowest BCUT2D eigenvalue weighted by Crippen LogP contribution is -2.33. The first kappa shape index (κ1) is 21.4. The van der Waals surface area contributed by atoms with E-state index in [1.54, 1.807) is 0 Å². The molecule has 1 saturated heterocycles. The second-order valence-electron chi connectivity index (χ2n) is 8.67.